The van der Waals surface area contributed by atoms with E-state index in [1.807, 2.05) is 42.5 Å². The zero-order valence-electron chi connectivity index (χ0n) is 17.6. The van der Waals surface area contributed by atoms with Crippen molar-refractivity contribution in [2.45, 2.75) is 25.7 Å². The number of hydrogen-bond donors (Lipinski definition) is 1. The lowest BCUT2D eigenvalue weighted by Crippen LogP contribution is -2.29. The van der Waals surface area contributed by atoms with Crippen molar-refractivity contribution in [2.24, 2.45) is 4.99 Å². The van der Waals surface area contributed by atoms with Gasteiger partial charge in [-0.3, -0.25) is 15.1 Å². The predicted octanol–water partition coefficient (Wildman–Crippen LogP) is 6.29. The van der Waals surface area contributed by atoms with E-state index in [0.717, 1.165) is 42.9 Å². The molecule has 0 saturated carbocycles. The van der Waals surface area contributed by atoms with Gasteiger partial charge in [0.1, 0.15) is 0 Å². The van der Waals surface area contributed by atoms with Crippen LogP contribution >= 0.6 is 11.6 Å². The molecule has 1 N–H and O–H groups in total. The monoisotopic (exact) mass is 449 g/mol. The summed E-state index contributed by atoms with van der Waals surface area (Å²) >= 11 is 6.27. The zero-order chi connectivity index (χ0) is 22.5. The van der Waals surface area contributed by atoms with E-state index in [2.05, 4.69) is 9.89 Å². The van der Waals surface area contributed by atoms with E-state index in [9.17, 15) is 15.2 Å². The van der Waals surface area contributed by atoms with Crippen LogP contribution in [0.5, 0.6) is 5.75 Å². The molecule has 1 aliphatic rings. The van der Waals surface area contributed by atoms with Crippen molar-refractivity contribution in [3.8, 4) is 5.75 Å². The topological polar surface area (TPSA) is 79.0 Å². The Bertz CT molecular complexity index is 1160. The number of nitro groups is 1. The smallest absolute Gasteiger partial charge is 0.311 e. The number of halogens is 1. The molecule has 6 nitrogen and oxygen atoms in total. The molecule has 4 rings (SSSR count). The standard InChI is InChI=1S/C25H24ClN3O3/c26-21-9-3-2-8-19(21)14-18-15-20(25(30)24(16-18)29(31)32)17-27-22-10-4-5-11-23(22)28-12-6-1-7-13-28/h2-5,8-11,15-17,30H,1,6-7,12-14H2. The number of nitro benzene ring substituents is 1. The predicted molar refractivity (Wildman–Crippen MR) is 129 cm³/mol. The molecule has 0 bridgehead atoms. The van der Waals surface area contributed by atoms with Gasteiger partial charge in [-0.25, -0.2) is 0 Å². The lowest BCUT2D eigenvalue weighted by molar-refractivity contribution is -0.385. The maximum Gasteiger partial charge on any atom is 0.311 e. The van der Waals surface area contributed by atoms with Crippen molar-refractivity contribution < 1.29 is 10.0 Å². The minimum Gasteiger partial charge on any atom is -0.502 e. The first kappa shape index (κ1) is 21.8. The largest absolute Gasteiger partial charge is 0.502 e. The van der Waals surface area contributed by atoms with E-state index in [4.69, 9.17) is 11.6 Å². The molecule has 0 aromatic heterocycles. The molecule has 0 amide bonds. The van der Waals surface area contributed by atoms with Crippen molar-refractivity contribution in [3.05, 3.63) is 92.5 Å². The fourth-order valence-electron chi connectivity index (χ4n) is 4.02. The van der Waals surface area contributed by atoms with E-state index in [1.54, 1.807) is 12.1 Å². The van der Waals surface area contributed by atoms with Crippen LogP contribution in [0, 0.1) is 10.1 Å². The van der Waals surface area contributed by atoms with Crippen molar-refractivity contribution in [1.82, 2.24) is 0 Å². The van der Waals surface area contributed by atoms with Gasteiger partial charge in [-0.15, -0.1) is 0 Å². The second kappa shape index (κ2) is 9.83. The number of nitrogens with zero attached hydrogens (tertiary/aromatic N) is 3. The summed E-state index contributed by atoms with van der Waals surface area (Å²) < 4.78 is 0. The van der Waals surface area contributed by atoms with Gasteiger partial charge in [0.2, 0.25) is 5.75 Å². The second-order valence-corrected chi connectivity index (χ2v) is 8.28. The summed E-state index contributed by atoms with van der Waals surface area (Å²) in [6.45, 7) is 1.97. The number of aromatic hydroxyl groups is 1. The average Bonchev–Trinajstić information content (AvgIpc) is 2.81. The molecule has 0 radical (unpaired) electrons. The molecule has 164 valence electrons. The van der Waals surface area contributed by atoms with E-state index >= 15 is 0 Å². The van der Waals surface area contributed by atoms with E-state index < -0.39 is 10.7 Å². The molecule has 0 aliphatic carbocycles. The minimum absolute atomic E-state index is 0.301. The molecule has 0 spiro atoms. The number of piperidine rings is 1. The number of para-hydroxylation sites is 2. The van der Waals surface area contributed by atoms with Crippen molar-refractivity contribution in [3.63, 3.8) is 0 Å². The van der Waals surface area contributed by atoms with Crippen LogP contribution in [-0.4, -0.2) is 29.3 Å². The molecule has 1 aliphatic heterocycles. The lowest BCUT2D eigenvalue weighted by Gasteiger charge is -2.29. The van der Waals surface area contributed by atoms with Crippen LogP contribution < -0.4 is 4.90 Å². The Hall–Kier alpha value is -3.38. The average molecular weight is 450 g/mol. The molecular formula is C25H24ClN3O3. The SMILES string of the molecule is O=[N+]([O-])c1cc(Cc2ccccc2Cl)cc(C=Nc2ccccc2N2CCCCC2)c1O. The van der Waals surface area contributed by atoms with Crippen LogP contribution in [-0.2, 0) is 6.42 Å². The third kappa shape index (κ3) is 4.92. The Morgan fingerprint density at radius 2 is 1.78 bits per heavy atom. The van der Waals surface area contributed by atoms with Gasteiger partial charge in [-0.05, 0) is 61.1 Å². The number of anilines is 1. The fourth-order valence-corrected chi connectivity index (χ4v) is 4.22. The first-order valence-electron chi connectivity index (χ1n) is 10.6. The molecule has 0 unspecified atom stereocenters. The third-order valence-electron chi connectivity index (χ3n) is 5.65. The van der Waals surface area contributed by atoms with Gasteiger partial charge in [0.15, 0.2) is 0 Å². The quantitative estimate of drug-likeness (QED) is 0.272. The molecule has 1 fully saturated rings. The molecular weight excluding hydrogens is 426 g/mol. The molecule has 32 heavy (non-hydrogen) atoms. The highest BCUT2D eigenvalue weighted by atomic mass is 35.5. The van der Waals surface area contributed by atoms with E-state index in [1.165, 1.54) is 18.7 Å². The first-order valence-corrected chi connectivity index (χ1v) is 11.0. The highest BCUT2D eigenvalue weighted by molar-refractivity contribution is 6.31. The second-order valence-electron chi connectivity index (χ2n) is 7.87. The summed E-state index contributed by atoms with van der Waals surface area (Å²) in [5.74, 6) is -0.392. The van der Waals surface area contributed by atoms with Crippen LogP contribution in [0.25, 0.3) is 0 Å². The summed E-state index contributed by atoms with van der Waals surface area (Å²) in [5, 5.41) is 22.7. The summed E-state index contributed by atoms with van der Waals surface area (Å²) in [5.41, 5.74) is 3.29. The summed E-state index contributed by atoms with van der Waals surface area (Å²) in [4.78, 5) is 17.9. The molecule has 3 aromatic rings. The summed E-state index contributed by atoms with van der Waals surface area (Å²) in [7, 11) is 0. The molecule has 3 aromatic carbocycles. The van der Waals surface area contributed by atoms with Gasteiger partial charge >= 0.3 is 5.69 Å². The van der Waals surface area contributed by atoms with Gasteiger partial charge in [-0.2, -0.15) is 0 Å². The first-order chi connectivity index (χ1) is 15.5. The number of aliphatic imine (C=N–C) groups is 1. The Morgan fingerprint density at radius 3 is 2.53 bits per heavy atom. The van der Waals surface area contributed by atoms with Gasteiger partial charge in [0.25, 0.3) is 0 Å². The summed E-state index contributed by atoms with van der Waals surface area (Å²) in [6.07, 6.45) is 5.44. The molecule has 1 heterocycles. The van der Waals surface area contributed by atoms with Gasteiger partial charge in [0.05, 0.1) is 16.3 Å². The Labute approximate surface area is 191 Å². The zero-order valence-corrected chi connectivity index (χ0v) is 18.3. The number of rotatable bonds is 6. The number of phenols is 1. The van der Waals surface area contributed by atoms with Crippen LogP contribution in [0.4, 0.5) is 17.1 Å². The minimum atomic E-state index is -0.579. The maximum absolute atomic E-state index is 11.5. The maximum atomic E-state index is 11.5. The Kier molecular flexibility index (Phi) is 6.71. The van der Waals surface area contributed by atoms with Crippen LogP contribution in [0.15, 0.2) is 65.7 Å². The lowest BCUT2D eigenvalue weighted by atomic mass is 10.0. The van der Waals surface area contributed by atoms with Crippen molar-refractivity contribution in [2.75, 3.05) is 18.0 Å². The van der Waals surface area contributed by atoms with Crippen LogP contribution in [0.1, 0.15) is 36.0 Å². The number of phenolic OH excluding ortho intramolecular Hbond substituents is 1. The highest BCUT2D eigenvalue weighted by Crippen LogP contribution is 2.34. The highest BCUT2D eigenvalue weighted by Gasteiger charge is 2.19. The van der Waals surface area contributed by atoms with Crippen LogP contribution in [0.3, 0.4) is 0 Å². The van der Waals surface area contributed by atoms with Gasteiger partial charge < -0.3 is 10.0 Å². The molecule has 1 saturated heterocycles. The van der Waals surface area contributed by atoms with E-state index in [0.29, 0.717) is 22.6 Å². The number of benzene rings is 3. The van der Waals surface area contributed by atoms with Gasteiger partial charge in [-0.1, -0.05) is 41.9 Å². The van der Waals surface area contributed by atoms with E-state index in [-0.39, 0.29) is 5.69 Å². The fraction of sp³-hybridized carbons (Fsp3) is 0.240. The van der Waals surface area contributed by atoms with Crippen molar-refractivity contribution >= 4 is 34.9 Å². The Balaban J connectivity index is 1.69. The van der Waals surface area contributed by atoms with Gasteiger partial charge in [0, 0.05) is 36.0 Å². The normalized spacial score (nSPS) is 14.1. The molecule has 0 atom stereocenters. The Morgan fingerprint density at radius 1 is 1.06 bits per heavy atom. The summed E-state index contributed by atoms with van der Waals surface area (Å²) in [6, 6.07) is 18.3. The number of hydrogen-bond acceptors (Lipinski definition) is 5. The van der Waals surface area contributed by atoms with Crippen molar-refractivity contribution in [1.29, 1.82) is 0 Å². The van der Waals surface area contributed by atoms with Crippen LogP contribution in [0.2, 0.25) is 5.02 Å². The molecule has 7 heteroatoms. The third-order valence-corrected chi connectivity index (χ3v) is 6.02.